The largest absolute Gasteiger partial charge is 0.360 e. The molecule has 0 radical (unpaired) electrons. The van der Waals surface area contributed by atoms with Gasteiger partial charge in [0, 0.05) is 6.04 Å². The second-order valence-electron chi connectivity index (χ2n) is 5.79. The Morgan fingerprint density at radius 2 is 1.64 bits per heavy atom. The van der Waals surface area contributed by atoms with Crippen LogP contribution >= 0.6 is 0 Å². The van der Waals surface area contributed by atoms with Crippen molar-refractivity contribution in [3.63, 3.8) is 0 Å². The summed E-state index contributed by atoms with van der Waals surface area (Å²) >= 11 is 0. The highest BCUT2D eigenvalue weighted by Crippen LogP contribution is 2.25. The van der Waals surface area contributed by atoms with E-state index in [2.05, 4.69) is 15.9 Å². The van der Waals surface area contributed by atoms with Crippen LogP contribution in [0.15, 0.2) is 21.6 Å². The monoisotopic (exact) mass is 322 g/mol. The van der Waals surface area contributed by atoms with Crippen molar-refractivity contribution in [1.82, 2.24) is 9.88 Å². The molecule has 6 heteroatoms. The van der Waals surface area contributed by atoms with Gasteiger partial charge in [-0.25, -0.2) is 13.1 Å². The molecule has 1 N–H and O–H groups in total. The van der Waals surface area contributed by atoms with Crippen molar-refractivity contribution in [3.05, 3.63) is 45.8 Å². The van der Waals surface area contributed by atoms with Gasteiger partial charge in [-0.15, -0.1) is 0 Å². The molecule has 0 saturated heterocycles. The third kappa shape index (κ3) is 3.08. The summed E-state index contributed by atoms with van der Waals surface area (Å²) in [7, 11) is -3.67. The lowest BCUT2D eigenvalue weighted by atomic mass is 9.97. The number of aryl methyl sites for hydroxylation is 5. The van der Waals surface area contributed by atoms with Crippen LogP contribution in [0.2, 0.25) is 0 Å². The molecule has 0 amide bonds. The van der Waals surface area contributed by atoms with Crippen molar-refractivity contribution >= 4 is 10.0 Å². The fraction of sp³-hybridized carbons (Fsp3) is 0.438. The van der Waals surface area contributed by atoms with Crippen molar-refractivity contribution in [2.75, 3.05) is 0 Å². The summed E-state index contributed by atoms with van der Waals surface area (Å²) in [4.78, 5) is 0.126. The van der Waals surface area contributed by atoms with E-state index in [0.29, 0.717) is 11.5 Å². The molecule has 0 aliphatic carbocycles. The molecule has 1 aromatic heterocycles. The topological polar surface area (TPSA) is 72.2 Å². The smallest absolute Gasteiger partial charge is 0.246 e. The molecule has 0 aliphatic heterocycles. The molecule has 2 aromatic rings. The molecule has 120 valence electrons. The second kappa shape index (κ2) is 5.85. The molecule has 5 nitrogen and oxygen atoms in total. The Hall–Kier alpha value is -1.66. The standard InChI is InChI=1S/C16H22N2O3S/c1-9-7-11(3)15(8-10(9)2)12(4)18-22(19,20)16-13(5)17-21-14(16)6/h7-8,12,18H,1-6H3/t12-/m1/s1. The number of benzene rings is 1. The van der Waals surface area contributed by atoms with Crippen LogP contribution in [0.4, 0.5) is 0 Å². The van der Waals surface area contributed by atoms with E-state index in [4.69, 9.17) is 4.52 Å². The number of sulfonamides is 1. The highest BCUT2D eigenvalue weighted by molar-refractivity contribution is 7.89. The van der Waals surface area contributed by atoms with Crippen molar-refractivity contribution in [2.45, 2.75) is 52.5 Å². The maximum Gasteiger partial charge on any atom is 0.246 e. The van der Waals surface area contributed by atoms with E-state index < -0.39 is 10.0 Å². The van der Waals surface area contributed by atoms with Gasteiger partial charge in [0.05, 0.1) is 0 Å². The Kier molecular flexibility index (Phi) is 4.44. The van der Waals surface area contributed by atoms with Crippen molar-refractivity contribution in [3.8, 4) is 0 Å². The first-order valence-corrected chi connectivity index (χ1v) is 8.64. The van der Waals surface area contributed by atoms with Gasteiger partial charge in [-0.2, -0.15) is 0 Å². The second-order valence-corrected chi connectivity index (χ2v) is 7.44. The predicted molar refractivity (Wildman–Crippen MR) is 85.4 cm³/mol. The lowest BCUT2D eigenvalue weighted by molar-refractivity contribution is 0.390. The first-order chi connectivity index (χ1) is 10.1. The fourth-order valence-electron chi connectivity index (χ4n) is 2.66. The number of aromatic nitrogens is 1. The van der Waals surface area contributed by atoms with E-state index in [9.17, 15) is 8.42 Å². The van der Waals surface area contributed by atoms with Gasteiger partial charge in [0.25, 0.3) is 0 Å². The summed E-state index contributed by atoms with van der Waals surface area (Å²) < 4.78 is 32.8. The van der Waals surface area contributed by atoms with Gasteiger partial charge in [0.2, 0.25) is 10.0 Å². The minimum atomic E-state index is -3.67. The zero-order valence-corrected chi connectivity index (χ0v) is 14.6. The van der Waals surface area contributed by atoms with Crippen LogP contribution in [0.1, 0.15) is 46.7 Å². The van der Waals surface area contributed by atoms with E-state index in [0.717, 1.165) is 16.7 Å². The lowest BCUT2D eigenvalue weighted by Crippen LogP contribution is -2.28. The van der Waals surface area contributed by atoms with E-state index in [1.807, 2.05) is 33.8 Å². The summed E-state index contributed by atoms with van der Waals surface area (Å²) in [5, 5.41) is 3.71. The Bertz CT molecular complexity index is 788. The lowest BCUT2D eigenvalue weighted by Gasteiger charge is -2.18. The van der Waals surface area contributed by atoms with Crippen LogP contribution in [0, 0.1) is 34.6 Å². The number of rotatable bonds is 4. The van der Waals surface area contributed by atoms with E-state index in [1.165, 1.54) is 5.56 Å². The summed E-state index contributed by atoms with van der Waals surface area (Å²) in [6, 6.07) is 3.77. The summed E-state index contributed by atoms with van der Waals surface area (Å²) in [5.74, 6) is 0.300. The van der Waals surface area contributed by atoms with Crippen LogP contribution in [0.25, 0.3) is 0 Å². The van der Waals surface area contributed by atoms with E-state index in [1.54, 1.807) is 13.8 Å². The molecule has 0 saturated carbocycles. The van der Waals surface area contributed by atoms with E-state index >= 15 is 0 Å². The average Bonchev–Trinajstić information content (AvgIpc) is 2.73. The van der Waals surface area contributed by atoms with Crippen molar-refractivity contribution in [1.29, 1.82) is 0 Å². The highest BCUT2D eigenvalue weighted by Gasteiger charge is 2.26. The Labute approximate surface area is 131 Å². The normalized spacial score (nSPS) is 13.4. The molecule has 0 spiro atoms. The molecule has 0 fully saturated rings. The van der Waals surface area contributed by atoms with Gasteiger partial charge < -0.3 is 4.52 Å². The number of hydrogen-bond acceptors (Lipinski definition) is 4. The highest BCUT2D eigenvalue weighted by atomic mass is 32.2. The van der Waals surface area contributed by atoms with Gasteiger partial charge in [-0.05, 0) is 63.8 Å². The maximum absolute atomic E-state index is 12.6. The fourth-order valence-corrected chi connectivity index (χ4v) is 4.21. The first kappa shape index (κ1) is 16.7. The maximum atomic E-state index is 12.6. The molecule has 22 heavy (non-hydrogen) atoms. The number of hydrogen-bond donors (Lipinski definition) is 1. The molecule has 1 atom stereocenters. The minimum Gasteiger partial charge on any atom is -0.360 e. The third-order valence-corrected chi connectivity index (χ3v) is 5.70. The summed E-state index contributed by atoms with van der Waals surface area (Å²) in [5.41, 5.74) is 4.75. The Balaban J connectivity index is 2.37. The summed E-state index contributed by atoms with van der Waals surface area (Å²) in [6.45, 7) is 11.1. The molecule has 0 bridgehead atoms. The molecular formula is C16H22N2O3S. The van der Waals surface area contributed by atoms with Crippen LogP contribution in [0.3, 0.4) is 0 Å². The quantitative estimate of drug-likeness (QED) is 0.938. The van der Waals surface area contributed by atoms with Gasteiger partial charge in [0.15, 0.2) is 5.76 Å². The Morgan fingerprint density at radius 3 is 2.18 bits per heavy atom. The van der Waals surface area contributed by atoms with E-state index in [-0.39, 0.29) is 10.9 Å². The van der Waals surface area contributed by atoms with Crippen LogP contribution in [0.5, 0.6) is 0 Å². The molecule has 1 aromatic carbocycles. The van der Waals surface area contributed by atoms with Gasteiger partial charge in [-0.1, -0.05) is 17.3 Å². The first-order valence-electron chi connectivity index (χ1n) is 7.16. The van der Waals surface area contributed by atoms with Crippen LogP contribution < -0.4 is 4.72 Å². The Morgan fingerprint density at radius 1 is 1.05 bits per heavy atom. The molecular weight excluding hydrogens is 300 g/mol. The van der Waals surface area contributed by atoms with Crippen LogP contribution in [-0.2, 0) is 10.0 Å². The molecule has 0 aliphatic rings. The number of nitrogens with zero attached hydrogens (tertiary/aromatic N) is 1. The predicted octanol–water partition coefficient (Wildman–Crippen LogP) is 3.26. The third-order valence-electron chi connectivity index (χ3n) is 3.92. The minimum absolute atomic E-state index is 0.126. The molecule has 1 heterocycles. The SMILES string of the molecule is Cc1cc(C)c([C@@H](C)NS(=O)(=O)c2c(C)noc2C)cc1C. The van der Waals surface area contributed by atoms with Crippen molar-refractivity contribution < 1.29 is 12.9 Å². The zero-order chi connectivity index (χ0) is 16.7. The van der Waals surface area contributed by atoms with Gasteiger partial charge in [0.1, 0.15) is 10.6 Å². The van der Waals surface area contributed by atoms with Gasteiger partial charge in [-0.3, -0.25) is 0 Å². The molecule has 2 rings (SSSR count). The molecule has 0 unspecified atom stereocenters. The average molecular weight is 322 g/mol. The summed E-state index contributed by atoms with van der Waals surface area (Å²) in [6.07, 6.45) is 0. The van der Waals surface area contributed by atoms with Crippen LogP contribution in [-0.4, -0.2) is 13.6 Å². The van der Waals surface area contributed by atoms with Crippen molar-refractivity contribution in [2.24, 2.45) is 0 Å². The van der Waals surface area contributed by atoms with Gasteiger partial charge >= 0.3 is 0 Å². The zero-order valence-electron chi connectivity index (χ0n) is 13.8. The number of nitrogens with one attached hydrogen (secondary N) is 1.